The lowest BCUT2D eigenvalue weighted by molar-refractivity contribution is -0.139. The molecule has 0 saturated heterocycles. The van der Waals surface area contributed by atoms with Crippen molar-refractivity contribution >= 4 is 22.5 Å². The summed E-state index contributed by atoms with van der Waals surface area (Å²) in [4.78, 5) is 19.5. The van der Waals surface area contributed by atoms with Crippen LogP contribution in [0, 0.1) is 11.3 Å². The minimum absolute atomic E-state index is 0.0452. The highest BCUT2D eigenvalue weighted by Gasteiger charge is 2.04. The van der Waals surface area contributed by atoms with Gasteiger partial charge < -0.3 is 9.84 Å². The lowest BCUT2D eigenvalue weighted by Crippen LogP contribution is -2.00. The number of rotatable bonds is 6. The molecule has 0 fully saturated rings. The van der Waals surface area contributed by atoms with Crippen molar-refractivity contribution in [3.63, 3.8) is 0 Å². The third-order valence-electron chi connectivity index (χ3n) is 2.18. The summed E-state index contributed by atoms with van der Waals surface area (Å²) in [6.45, 7) is 3.54. The van der Waals surface area contributed by atoms with Crippen LogP contribution < -0.4 is 4.74 Å². The molecular weight excluding hydrogens is 310 g/mol. The van der Waals surface area contributed by atoms with Crippen LogP contribution in [0.4, 0.5) is 0 Å². The summed E-state index contributed by atoms with van der Waals surface area (Å²) in [5.74, 6) is -0.930. The summed E-state index contributed by atoms with van der Waals surface area (Å²) in [7, 11) is -2.46. The molecule has 0 atom stereocenters. The molecule has 0 aliphatic carbocycles. The molecule has 120 valence electrons. The standard InChI is InChI=1S/C10H11NO3S.C4H6O3/c1-2-14-10-4-3-8(7-15(12)13)5-9(10)6-11;1-3(5)2-4(6)7/h3-5,15H,2,7H2,1H3;2H2,1H3,(H,6,7). The van der Waals surface area contributed by atoms with E-state index in [0.29, 0.717) is 23.5 Å². The van der Waals surface area contributed by atoms with E-state index in [4.69, 9.17) is 15.1 Å². The van der Waals surface area contributed by atoms with Gasteiger partial charge in [-0.1, -0.05) is 6.07 Å². The summed E-state index contributed by atoms with van der Waals surface area (Å²) >= 11 is 0. The average Bonchev–Trinajstić information content (AvgIpc) is 2.39. The lowest BCUT2D eigenvalue weighted by atomic mass is 10.1. The Labute approximate surface area is 130 Å². The smallest absolute Gasteiger partial charge is 0.310 e. The molecule has 0 aliphatic heterocycles. The molecule has 0 heterocycles. The van der Waals surface area contributed by atoms with Gasteiger partial charge in [0.05, 0.1) is 17.9 Å². The van der Waals surface area contributed by atoms with Gasteiger partial charge in [0.2, 0.25) is 0 Å². The van der Waals surface area contributed by atoms with Crippen LogP contribution >= 0.6 is 0 Å². The number of Topliss-reactive ketones (excluding diaryl/α,β-unsaturated/α-hetero) is 1. The number of carboxylic acid groups (broad SMARTS) is 1. The Bertz CT molecular complexity index is 625. The van der Waals surface area contributed by atoms with Crippen molar-refractivity contribution in [1.29, 1.82) is 5.26 Å². The molecule has 22 heavy (non-hydrogen) atoms. The SMILES string of the molecule is CC(=O)CC(=O)O.CCOc1ccc(C[SH](=O)=O)cc1C#N. The van der Waals surface area contributed by atoms with Crippen molar-refractivity contribution in [2.75, 3.05) is 6.61 Å². The fourth-order valence-corrected chi connectivity index (χ4v) is 1.90. The Balaban J connectivity index is 0.000000534. The fourth-order valence-electron chi connectivity index (χ4n) is 1.41. The highest BCUT2D eigenvalue weighted by Crippen LogP contribution is 2.19. The highest BCUT2D eigenvalue weighted by molar-refractivity contribution is 7.71. The monoisotopic (exact) mass is 327 g/mol. The quantitative estimate of drug-likeness (QED) is 0.593. The molecular formula is C14H17NO6S. The van der Waals surface area contributed by atoms with Crippen LogP contribution in [-0.4, -0.2) is 31.9 Å². The molecule has 0 spiro atoms. The molecule has 1 rings (SSSR count). The number of ketones is 1. The van der Waals surface area contributed by atoms with Gasteiger partial charge in [-0.3, -0.25) is 9.59 Å². The topological polar surface area (TPSA) is 122 Å². The maximum absolute atomic E-state index is 10.5. The number of carbonyl (C=O) groups is 2. The number of carboxylic acids is 1. The van der Waals surface area contributed by atoms with Gasteiger partial charge >= 0.3 is 5.97 Å². The number of hydrogen-bond acceptors (Lipinski definition) is 6. The van der Waals surface area contributed by atoms with Crippen LogP contribution in [0.1, 0.15) is 31.4 Å². The zero-order valence-corrected chi connectivity index (χ0v) is 13.1. The number of nitrogens with zero attached hydrogens (tertiary/aromatic N) is 1. The lowest BCUT2D eigenvalue weighted by Gasteiger charge is -2.05. The summed E-state index contributed by atoms with van der Waals surface area (Å²) in [6.07, 6.45) is -0.361. The fraction of sp³-hybridized carbons (Fsp3) is 0.357. The second-order valence-electron chi connectivity index (χ2n) is 4.14. The van der Waals surface area contributed by atoms with Crippen LogP contribution in [0.2, 0.25) is 0 Å². The molecule has 0 radical (unpaired) electrons. The van der Waals surface area contributed by atoms with Crippen molar-refractivity contribution in [3.8, 4) is 11.8 Å². The Hall–Kier alpha value is -2.40. The first-order valence-electron chi connectivity index (χ1n) is 6.29. The molecule has 1 aromatic carbocycles. The predicted octanol–water partition coefficient (Wildman–Crippen LogP) is 1.12. The Morgan fingerprint density at radius 1 is 1.36 bits per heavy atom. The van der Waals surface area contributed by atoms with Gasteiger partial charge in [-0.05, 0) is 31.5 Å². The van der Waals surface area contributed by atoms with Crippen molar-refractivity contribution < 1.29 is 27.9 Å². The first kappa shape index (κ1) is 19.6. The second kappa shape index (κ2) is 10.3. The number of ether oxygens (including phenoxy) is 1. The van der Waals surface area contributed by atoms with Gasteiger partial charge in [-0.15, -0.1) is 0 Å². The number of hydrogen-bond donors (Lipinski definition) is 2. The van der Waals surface area contributed by atoms with E-state index >= 15 is 0 Å². The summed E-state index contributed by atoms with van der Waals surface area (Å²) in [6, 6.07) is 6.78. The van der Waals surface area contributed by atoms with E-state index in [1.54, 1.807) is 12.1 Å². The van der Waals surface area contributed by atoms with Crippen LogP contribution in [-0.2, 0) is 26.0 Å². The zero-order valence-electron chi connectivity index (χ0n) is 12.2. The Morgan fingerprint density at radius 2 is 2.00 bits per heavy atom. The summed E-state index contributed by atoms with van der Waals surface area (Å²) < 4.78 is 26.2. The second-order valence-corrected chi connectivity index (χ2v) is 5.12. The normalized spacial score (nSPS) is 9.36. The van der Waals surface area contributed by atoms with Gasteiger partial charge in [-0.25, -0.2) is 8.42 Å². The van der Waals surface area contributed by atoms with Crippen molar-refractivity contribution in [2.45, 2.75) is 26.0 Å². The van der Waals surface area contributed by atoms with E-state index in [1.165, 1.54) is 13.0 Å². The van der Waals surface area contributed by atoms with Gasteiger partial charge in [0.1, 0.15) is 34.7 Å². The molecule has 0 aromatic heterocycles. The maximum Gasteiger partial charge on any atom is 0.310 e. The largest absolute Gasteiger partial charge is 0.492 e. The van der Waals surface area contributed by atoms with Gasteiger partial charge in [0.25, 0.3) is 0 Å². The van der Waals surface area contributed by atoms with E-state index in [2.05, 4.69) is 0 Å². The van der Waals surface area contributed by atoms with Gasteiger partial charge in [0, 0.05) is 0 Å². The number of carbonyl (C=O) groups excluding carboxylic acids is 1. The van der Waals surface area contributed by atoms with Crippen LogP contribution in [0.3, 0.4) is 0 Å². The van der Waals surface area contributed by atoms with Crippen molar-refractivity contribution in [1.82, 2.24) is 0 Å². The molecule has 8 heteroatoms. The molecule has 7 nitrogen and oxygen atoms in total. The molecule has 0 saturated carbocycles. The van der Waals surface area contributed by atoms with Crippen LogP contribution in [0.5, 0.6) is 5.75 Å². The Kier molecular flexibility index (Phi) is 9.22. The first-order valence-corrected chi connectivity index (χ1v) is 7.65. The number of benzene rings is 1. The summed E-state index contributed by atoms with van der Waals surface area (Å²) in [5, 5.41) is 16.7. The minimum Gasteiger partial charge on any atom is -0.492 e. The molecule has 0 bridgehead atoms. The third-order valence-corrected chi connectivity index (χ3v) is 2.80. The number of nitriles is 1. The molecule has 1 N–H and O–H groups in total. The molecule has 1 aromatic rings. The van der Waals surface area contributed by atoms with E-state index < -0.39 is 16.7 Å². The van der Waals surface area contributed by atoms with E-state index in [-0.39, 0.29) is 18.0 Å². The van der Waals surface area contributed by atoms with Crippen LogP contribution in [0.15, 0.2) is 18.2 Å². The van der Waals surface area contributed by atoms with Crippen molar-refractivity contribution in [2.24, 2.45) is 0 Å². The highest BCUT2D eigenvalue weighted by atomic mass is 32.2. The Morgan fingerprint density at radius 3 is 2.36 bits per heavy atom. The molecule has 0 aliphatic rings. The maximum atomic E-state index is 10.5. The number of thiol groups is 1. The molecule has 0 unspecified atom stereocenters. The van der Waals surface area contributed by atoms with Gasteiger partial charge in [-0.2, -0.15) is 5.26 Å². The summed E-state index contributed by atoms with van der Waals surface area (Å²) in [5.41, 5.74) is 0.970. The number of aliphatic carboxylic acids is 1. The van der Waals surface area contributed by atoms with Gasteiger partial charge in [0.15, 0.2) is 0 Å². The van der Waals surface area contributed by atoms with E-state index in [9.17, 15) is 18.0 Å². The average molecular weight is 327 g/mol. The van der Waals surface area contributed by atoms with Crippen LogP contribution in [0.25, 0.3) is 0 Å². The van der Waals surface area contributed by atoms with E-state index in [1.807, 2.05) is 13.0 Å². The first-order chi connectivity index (χ1) is 10.3. The zero-order chi connectivity index (χ0) is 17.1. The third kappa shape index (κ3) is 8.71. The predicted molar refractivity (Wildman–Crippen MR) is 79.3 cm³/mol. The van der Waals surface area contributed by atoms with E-state index in [0.717, 1.165) is 0 Å². The molecule has 0 amide bonds. The minimum atomic E-state index is -2.46. The van der Waals surface area contributed by atoms with Crippen molar-refractivity contribution in [3.05, 3.63) is 29.3 Å².